The van der Waals surface area contributed by atoms with Gasteiger partial charge >= 0.3 is 0 Å². The average Bonchev–Trinajstić information content (AvgIpc) is 3.34. The number of hydrogen-bond donors (Lipinski definition) is 2. The summed E-state index contributed by atoms with van der Waals surface area (Å²) in [5.74, 6) is 0.677. The Morgan fingerprint density at radius 1 is 1.23 bits per heavy atom. The van der Waals surface area contributed by atoms with E-state index in [0.717, 1.165) is 16.9 Å². The van der Waals surface area contributed by atoms with Gasteiger partial charge < -0.3 is 14.6 Å². The van der Waals surface area contributed by atoms with Gasteiger partial charge in [-0.2, -0.15) is 0 Å². The quantitative estimate of drug-likeness (QED) is 0.504. The molecule has 8 nitrogen and oxygen atoms in total. The van der Waals surface area contributed by atoms with Gasteiger partial charge in [0.1, 0.15) is 21.3 Å². The molecular weight excluding hydrogens is 438 g/mol. The molecule has 0 atom stereocenters. The Morgan fingerprint density at radius 2 is 2.00 bits per heavy atom. The van der Waals surface area contributed by atoms with E-state index in [9.17, 15) is 13.2 Å². The second kappa shape index (κ2) is 9.36. The zero-order chi connectivity index (χ0) is 22.6. The van der Waals surface area contributed by atoms with Crippen molar-refractivity contribution in [1.82, 2.24) is 5.16 Å². The highest BCUT2D eigenvalue weighted by atomic mass is 32.2. The summed E-state index contributed by atoms with van der Waals surface area (Å²) in [7, 11) is -2.30. The fourth-order valence-corrected chi connectivity index (χ4v) is 4.99. The third-order valence-corrected chi connectivity index (χ3v) is 7.25. The minimum Gasteiger partial charge on any atom is -0.495 e. The van der Waals surface area contributed by atoms with Gasteiger partial charge in [0.15, 0.2) is 5.76 Å². The summed E-state index contributed by atoms with van der Waals surface area (Å²) >= 11 is 1.10. The molecule has 2 heterocycles. The first-order valence-corrected chi connectivity index (χ1v) is 11.7. The van der Waals surface area contributed by atoms with Crippen LogP contribution in [0.1, 0.15) is 35.2 Å². The molecule has 0 fully saturated rings. The standard InChI is InChI=1S/C21H23N3O5S2/c1-5-19(25)22-21-14(3)23-29-18(21)10-7-15-8-11-20(30-15)31(26,27)24-16-12-13(2)6-9-17(16)28-4/h6-12,24H,5H2,1-4H3,(H,22,25). The highest BCUT2D eigenvalue weighted by Gasteiger charge is 2.19. The van der Waals surface area contributed by atoms with Crippen LogP contribution >= 0.6 is 11.3 Å². The highest BCUT2D eigenvalue weighted by molar-refractivity contribution is 7.94. The lowest BCUT2D eigenvalue weighted by atomic mass is 10.2. The topological polar surface area (TPSA) is 111 Å². The van der Waals surface area contributed by atoms with Crippen molar-refractivity contribution in [1.29, 1.82) is 0 Å². The molecule has 0 bridgehead atoms. The molecule has 164 valence electrons. The number of thiophene rings is 1. The zero-order valence-corrected chi connectivity index (χ0v) is 19.2. The monoisotopic (exact) mass is 461 g/mol. The molecule has 0 spiro atoms. The van der Waals surface area contributed by atoms with Crippen LogP contribution in [-0.2, 0) is 14.8 Å². The van der Waals surface area contributed by atoms with Gasteiger partial charge in [0, 0.05) is 11.3 Å². The fourth-order valence-electron chi connectivity index (χ4n) is 2.70. The maximum Gasteiger partial charge on any atom is 0.271 e. The van der Waals surface area contributed by atoms with Crippen molar-refractivity contribution >= 4 is 50.8 Å². The maximum atomic E-state index is 12.8. The number of hydrogen-bond acceptors (Lipinski definition) is 7. The molecule has 0 aliphatic heterocycles. The van der Waals surface area contributed by atoms with Crippen LogP contribution in [0.4, 0.5) is 11.4 Å². The van der Waals surface area contributed by atoms with E-state index in [1.54, 1.807) is 44.2 Å². The lowest BCUT2D eigenvalue weighted by molar-refractivity contribution is -0.115. The molecule has 3 rings (SSSR count). The van der Waals surface area contributed by atoms with Gasteiger partial charge in [0.2, 0.25) is 5.91 Å². The van der Waals surface area contributed by atoms with E-state index >= 15 is 0 Å². The summed E-state index contributed by atoms with van der Waals surface area (Å²) in [6, 6.07) is 8.48. The Kier molecular flexibility index (Phi) is 6.81. The number of anilines is 2. The molecule has 0 saturated heterocycles. The van der Waals surface area contributed by atoms with Crippen molar-refractivity contribution in [3.8, 4) is 5.75 Å². The van der Waals surface area contributed by atoms with Crippen molar-refractivity contribution in [2.45, 2.75) is 31.4 Å². The number of nitrogens with zero attached hydrogens (tertiary/aromatic N) is 1. The number of amides is 1. The Morgan fingerprint density at radius 3 is 2.71 bits per heavy atom. The normalized spacial score (nSPS) is 11.6. The van der Waals surface area contributed by atoms with Crippen molar-refractivity contribution in [2.75, 3.05) is 17.1 Å². The number of carbonyl (C=O) groups is 1. The fraction of sp³-hybridized carbons (Fsp3) is 0.238. The SMILES string of the molecule is CCC(=O)Nc1c(C)noc1C=Cc1ccc(S(=O)(=O)Nc2cc(C)ccc2OC)s1. The molecule has 31 heavy (non-hydrogen) atoms. The number of benzene rings is 1. The number of ether oxygens (including phenoxy) is 1. The second-order valence-electron chi connectivity index (χ2n) is 6.71. The molecule has 1 amide bonds. The zero-order valence-electron chi connectivity index (χ0n) is 17.6. The Balaban J connectivity index is 1.81. The predicted octanol–water partition coefficient (Wildman–Crippen LogP) is 4.68. The Labute approximate surface area is 185 Å². The van der Waals surface area contributed by atoms with E-state index in [1.165, 1.54) is 13.2 Å². The summed E-state index contributed by atoms with van der Waals surface area (Å²) in [5.41, 5.74) is 2.34. The third-order valence-electron chi connectivity index (χ3n) is 4.34. The van der Waals surface area contributed by atoms with Gasteiger partial charge in [-0.25, -0.2) is 8.42 Å². The number of aromatic nitrogens is 1. The van der Waals surface area contributed by atoms with Crippen LogP contribution in [0.3, 0.4) is 0 Å². The molecule has 0 aliphatic rings. The summed E-state index contributed by atoms with van der Waals surface area (Å²) in [6.07, 6.45) is 3.68. The first kappa shape index (κ1) is 22.6. The largest absolute Gasteiger partial charge is 0.495 e. The number of aryl methyl sites for hydroxylation is 2. The Hall–Kier alpha value is -3.11. The van der Waals surface area contributed by atoms with E-state index in [0.29, 0.717) is 39.9 Å². The average molecular weight is 462 g/mol. The molecule has 0 radical (unpaired) electrons. The van der Waals surface area contributed by atoms with Crippen molar-refractivity contribution < 1.29 is 22.5 Å². The molecular formula is C21H23N3O5S2. The smallest absolute Gasteiger partial charge is 0.271 e. The predicted molar refractivity (Wildman–Crippen MR) is 122 cm³/mol. The van der Waals surface area contributed by atoms with E-state index in [2.05, 4.69) is 15.2 Å². The van der Waals surface area contributed by atoms with Crippen LogP contribution in [0.5, 0.6) is 5.75 Å². The van der Waals surface area contributed by atoms with Crippen molar-refractivity contribution in [2.24, 2.45) is 0 Å². The summed E-state index contributed by atoms with van der Waals surface area (Å²) < 4.78 is 38.9. The minimum atomic E-state index is -3.79. The maximum absolute atomic E-state index is 12.8. The third kappa shape index (κ3) is 5.33. The van der Waals surface area contributed by atoms with Gasteiger partial charge in [-0.15, -0.1) is 11.3 Å². The van der Waals surface area contributed by atoms with E-state index < -0.39 is 10.0 Å². The van der Waals surface area contributed by atoms with Crippen LogP contribution in [0, 0.1) is 13.8 Å². The van der Waals surface area contributed by atoms with Gasteiger partial charge in [-0.1, -0.05) is 18.1 Å². The molecule has 2 N–H and O–H groups in total. The summed E-state index contributed by atoms with van der Waals surface area (Å²) in [6.45, 7) is 5.35. The van der Waals surface area contributed by atoms with E-state index in [4.69, 9.17) is 9.26 Å². The van der Waals surface area contributed by atoms with Crippen molar-refractivity contribution in [3.63, 3.8) is 0 Å². The van der Waals surface area contributed by atoms with E-state index in [-0.39, 0.29) is 10.1 Å². The van der Waals surface area contributed by atoms with Crippen molar-refractivity contribution in [3.05, 3.63) is 52.2 Å². The minimum absolute atomic E-state index is 0.150. The highest BCUT2D eigenvalue weighted by Crippen LogP contribution is 2.31. The molecule has 0 aliphatic carbocycles. The van der Waals surface area contributed by atoms with Gasteiger partial charge in [0.05, 0.1) is 12.8 Å². The molecule has 0 saturated carbocycles. The number of sulfonamides is 1. The van der Waals surface area contributed by atoms with Crippen LogP contribution in [0.15, 0.2) is 39.1 Å². The van der Waals surface area contributed by atoms with Gasteiger partial charge in [-0.05, 0) is 55.8 Å². The van der Waals surface area contributed by atoms with Crippen LogP contribution < -0.4 is 14.8 Å². The molecule has 10 heteroatoms. The molecule has 1 aromatic carbocycles. The number of rotatable bonds is 8. The number of methoxy groups -OCH3 is 1. The molecule has 0 unspecified atom stereocenters. The van der Waals surface area contributed by atoms with Crippen LogP contribution in [-0.4, -0.2) is 26.6 Å². The second-order valence-corrected chi connectivity index (χ2v) is 9.73. The first-order chi connectivity index (χ1) is 14.7. The molecule has 2 aromatic heterocycles. The van der Waals surface area contributed by atoms with E-state index in [1.807, 2.05) is 13.0 Å². The number of carbonyl (C=O) groups excluding carboxylic acids is 1. The summed E-state index contributed by atoms with van der Waals surface area (Å²) in [4.78, 5) is 12.4. The van der Waals surface area contributed by atoms with Gasteiger partial charge in [-0.3, -0.25) is 9.52 Å². The van der Waals surface area contributed by atoms with Crippen LogP contribution in [0.25, 0.3) is 12.2 Å². The van der Waals surface area contributed by atoms with Crippen LogP contribution in [0.2, 0.25) is 0 Å². The lowest BCUT2D eigenvalue weighted by Gasteiger charge is -2.11. The summed E-state index contributed by atoms with van der Waals surface area (Å²) in [5, 5.41) is 6.63. The number of nitrogens with one attached hydrogen (secondary N) is 2. The molecule has 3 aromatic rings. The van der Waals surface area contributed by atoms with Gasteiger partial charge in [0.25, 0.3) is 10.0 Å². The Bertz CT molecular complexity index is 1230. The lowest BCUT2D eigenvalue weighted by Crippen LogP contribution is -2.12. The first-order valence-electron chi connectivity index (χ1n) is 9.45.